The lowest BCUT2D eigenvalue weighted by molar-refractivity contribution is -0.121. The summed E-state index contributed by atoms with van der Waals surface area (Å²) in [6.45, 7) is 1.66. The second-order valence-electron chi connectivity index (χ2n) is 5.42. The zero-order chi connectivity index (χ0) is 15.8. The fraction of sp³-hybridized carbons (Fsp3) is 0.462. The predicted molar refractivity (Wildman–Crippen MR) is 78.3 cm³/mol. The van der Waals surface area contributed by atoms with E-state index in [1.54, 1.807) is 6.92 Å². The number of amides is 1. The fourth-order valence-electron chi connectivity index (χ4n) is 2.09. The quantitative estimate of drug-likeness (QED) is 0.726. The number of methoxy groups -OCH3 is 1. The van der Waals surface area contributed by atoms with E-state index in [1.165, 1.54) is 25.3 Å². The first-order valence-electron chi connectivity index (χ1n) is 6.47. The van der Waals surface area contributed by atoms with Crippen molar-refractivity contribution in [3.8, 4) is 5.75 Å². The van der Waals surface area contributed by atoms with Crippen molar-refractivity contribution >= 4 is 21.6 Å². The Kier molecular flexibility index (Phi) is 3.96. The summed E-state index contributed by atoms with van der Waals surface area (Å²) in [5.74, 6) is 0.0992. The zero-order valence-corrected chi connectivity index (χ0v) is 12.7. The molecular formula is C13H19N3O4S. The first-order chi connectivity index (χ1) is 9.66. The van der Waals surface area contributed by atoms with Crippen molar-refractivity contribution < 1.29 is 17.9 Å². The van der Waals surface area contributed by atoms with E-state index < -0.39 is 15.6 Å². The van der Waals surface area contributed by atoms with Gasteiger partial charge in [0.2, 0.25) is 15.9 Å². The normalized spacial score (nSPS) is 17.9. The largest absolute Gasteiger partial charge is 0.495 e. The van der Waals surface area contributed by atoms with E-state index in [2.05, 4.69) is 5.32 Å². The van der Waals surface area contributed by atoms with Crippen LogP contribution in [0.4, 0.5) is 5.69 Å². The summed E-state index contributed by atoms with van der Waals surface area (Å²) in [5, 5.41) is 7.71. The van der Waals surface area contributed by atoms with Gasteiger partial charge in [0.1, 0.15) is 5.75 Å². The molecule has 1 aliphatic carbocycles. The van der Waals surface area contributed by atoms with E-state index in [-0.39, 0.29) is 22.4 Å². The number of nitrogens with two attached hydrogens (primary N) is 2. The van der Waals surface area contributed by atoms with Gasteiger partial charge < -0.3 is 15.8 Å². The van der Waals surface area contributed by atoms with Gasteiger partial charge in [-0.15, -0.1) is 0 Å². The number of rotatable bonds is 5. The van der Waals surface area contributed by atoms with Crippen molar-refractivity contribution in [2.24, 2.45) is 16.8 Å². The molecule has 1 aliphatic rings. The Bertz CT molecular complexity index is 666. The molecule has 1 atom stereocenters. The third-order valence-corrected chi connectivity index (χ3v) is 4.57. The summed E-state index contributed by atoms with van der Waals surface area (Å²) in [5.41, 5.74) is 5.26. The minimum absolute atomic E-state index is 0.108. The van der Waals surface area contributed by atoms with Crippen LogP contribution in [-0.4, -0.2) is 27.0 Å². The number of carbonyl (C=O) groups is 1. The fourth-order valence-corrected chi connectivity index (χ4v) is 2.63. The Morgan fingerprint density at radius 3 is 2.52 bits per heavy atom. The Hall–Kier alpha value is -1.64. The SMILES string of the molecule is COc1ccc(S(N)(=O)=O)cc1NC(=O)C(C)(N)C1CC1. The summed E-state index contributed by atoms with van der Waals surface area (Å²) in [7, 11) is -2.44. The smallest absolute Gasteiger partial charge is 0.244 e. The maximum atomic E-state index is 12.3. The minimum atomic E-state index is -3.86. The van der Waals surface area contributed by atoms with Gasteiger partial charge in [0.25, 0.3) is 0 Å². The molecule has 0 radical (unpaired) electrons. The Labute approximate surface area is 123 Å². The van der Waals surface area contributed by atoms with Crippen molar-refractivity contribution in [1.82, 2.24) is 0 Å². The lowest BCUT2D eigenvalue weighted by Gasteiger charge is -2.23. The predicted octanol–water partition coefficient (Wildman–Crippen LogP) is 0.409. The molecular weight excluding hydrogens is 294 g/mol. The molecule has 21 heavy (non-hydrogen) atoms. The average Bonchev–Trinajstić information content (AvgIpc) is 3.22. The molecule has 0 aromatic heterocycles. The van der Waals surface area contributed by atoms with Crippen molar-refractivity contribution in [2.45, 2.75) is 30.2 Å². The van der Waals surface area contributed by atoms with E-state index in [9.17, 15) is 13.2 Å². The number of sulfonamides is 1. The van der Waals surface area contributed by atoms with Crippen LogP contribution in [-0.2, 0) is 14.8 Å². The van der Waals surface area contributed by atoms with Crippen LogP contribution in [0.15, 0.2) is 23.1 Å². The maximum Gasteiger partial charge on any atom is 0.244 e. The molecule has 116 valence electrons. The van der Waals surface area contributed by atoms with Crippen LogP contribution in [0, 0.1) is 5.92 Å². The van der Waals surface area contributed by atoms with Crippen molar-refractivity contribution in [3.63, 3.8) is 0 Å². The summed E-state index contributed by atoms with van der Waals surface area (Å²) >= 11 is 0. The molecule has 2 rings (SSSR count). The van der Waals surface area contributed by atoms with E-state index in [1.807, 2.05) is 0 Å². The van der Waals surface area contributed by atoms with Crippen LogP contribution in [0.5, 0.6) is 5.75 Å². The number of ether oxygens (including phenoxy) is 1. The van der Waals surface area contributed by atoms with Crippen molar-refractivity contribution in [3.05, 3.63) is 18.2 Å². The lowest BCUT2D eigenvalue weighted by atomic mass is 9.96. The molecule has 1 aromatic rings. The molecule has 1 saturated carbocycles. The number of anilines is 1. The Morgan fingerprint density at radius 2 is 2.05 bits per heavy atom. The second-order valence-corrected chi connectivity index (χ2v) is 6.98. The van der Waals surface area contributed by atoms with Gasteiger partial charge in [0.15, 0.2) is 0 Å². The monoisotopic (exact) mass is 313 g/mol. The molecule has 7 nitrogen and oxygen atoms in total. The first-order valence-corrected chi connectivity index (χ1v) is 8.02. The highest BCUT2D eigenvalue weighted by molar-refractivity contribution is 7.89. The summed E-state index contributed by atoms with van der Waals surface area (Å²) in [6.07, 6.45) is 1.82. The number of benzene rings is 1. The minimum Gasteiger partial charge on any atom is -0.495 e. The van der Waals surface area contributed by atoms with Gasteiger partial charge in [-0.1, -0.05) is 0 Å². The molecule has 0 bridgehead atoms. The highest BCUT2D eigenvalue weighted by atomic mass is 32.2. The molecule has 0 saturated heterocycles. The van der Waals surface area contributed by atoms with Gasteiger partial charge in [0.05, 0.1) is 23.2 Å². The van der Waals surface area contributed by atoms with Crippen molar-refractivity contribution in [1.29, 1.82) is 0 Å². The molecule has 5 N–H and O–H groups in total. The number of nitrogens with one attached hydrogen (secondary N) is 1. The van der Waals surface area contributed by atoms with Crippen LogP contribution in [0.1, 0.15) is 19.8 Å². The Morgan fingerprint density at radius 1 is 1.43 bits per heavy atom. The topological polar surface area (TPSA) is 125 Å². The molecule has 1 aromatic carbocycles. The van der Waals surface area contributed by atoms with Gasteiger partial charge in [0, 0.05) is 0 Å². The van der Waals surface area contributed by atoms with E-state index in [0.717, 1.165) is 12.8 Å². The molecule has 0 aliphatic heterocycles. The van der Waals surface area contributed by atoms with Gasteiger partial charge in [-0.2, -0.15) is 0 Å². The van der Waals surface area contributed by atoms with E-state index in [4.69, 9.17) is 15.6 Å². The number of hydrogen-bond acceptors (Lipinski definition) is 5. The molecule has 1 amide bonds. The summed E-state index contributed by atoms with van der Waals surface area (Å²) in [4.78, 5) is 12.2. The zero-order valence-electron chi connectivity index (χ0n) is 11.9. The van der Waals surface area contributed by atoms with Gasteiger partial charge in [-0.3, -0.25) is 4.79 Å². The average molecular weight is 313 g/mol. The van der Waals surface area contributed by atoms with E-state index in [0.29, 0.717) is 5.75 Å². The molecule has 0 heterocycles. The summed E-state index contributed by atoms with van der Waals surface area (Å²) < 4.78 is 27.9. The molecule has 8 heteroatoms. The highest BCUT2D eigenvalue weighted by Crippen LogP contribution is 2.39. The Balaban J connectivity index is 2.31. The van der Waals surface area contributed by atoms with Crippen molar-refractivity contribution in [2.75, 3.05) is 12.4 Å². The molecule has 1 fully saturated rings. The van der Waals surface area contributed by atoms with Gasteiger partial charge in [-0.25, -0.2) is 13.6 Å². The van der Waals surface area contributed by atoms with Crippen LogP contribution in [0.3, 0.4) is 0 Å². The first kappa shape index (κ1) is 15.7. The lowest BCUT2D eigenvalue weighted by Crippen LogP contribution is -2.50. The van der Waals surface area contributed by atoms with Gasteiger partial charge in [-0.05, 0) is 43.9 Å². The number of hydrogen-bond donors (Lipinski definition) is 3. The molecule has 0 spiro atoms. The number of primary sulfonamides is 1. The third-order valence-electron chi connectivity index (χ3n) is 3.66. The van der Waals surface area contributed by atoms with Gasteiger partial charge >= 0.3 is 0 Å². The molecule has 1 unspecified atom stereocenters. The third kappa shape index (κ3) is 3.34. The second kappa shape index (κ2) is 5.28. The standard InChI is InChI=1S/C13H19N3O4S/c1-13(14,8-3-4-8)12(17)16-10-7-9(21(15,18)19)5-6-11(10)20-2/h5-8H,3-4,14H2,1-2H3,(H,16,17)(H2,15,18,19). The number of carbonyl (C=O) groups excluding carboxylic acids is 1. The van der Waals surface area contributed by atoms with Crippen LogP contribution in [0.2, 0.25) is 0 Å². The maximum absolute atomic E-state index is 12.3. The van der Waals surface area contributed by atoms with Crippen LogP contribution < -0.4 is 20.9 Å². The summed E-state index contributed by atoms with van der Waals surface area (Å²) in [6, 6.07) is 4.00. The van der Waals surface area contributed by atoms with Crippen LogP contribution in [0.25, 0.3) is 0 Å². The van der Waals surface area contributed by atoms with E-state index >= 15 is 0 Å². The highest BCUT2D eigenvalue weighted by Gasteiger charge is 2.44. The van der Waals surface area contributed by atoms with Crippen LogP contribution >= 0.6 is 0 Å².